The van der Waals surface area contributed by atoms with Gasteiger partial charge in [0.1, 0.15) is 0 Å². The molecule has 25 heavy (non-hydrogen) atoms. The van der Waals surface area contributed by atoms with Crippen LogP contribution in [0.5, 0.6) is 0 Å². The molecule has 0 bridgehead atoms. The second kappa shape index (κ2) is 11.0. The first-order valence-electron chi connectivity index (χ1n) is 10.0. The third-order valence-electron chi connectivity index (χ3n) is 5.83. The minimum atomic E-state index is 0.678. The van der Waals surface area contributed by atoms with Gasteiger partial charge >= 0.3 is 0 Å². The molecule has 2 aliphatic heterocycles. The fourth-order valence-electron chi connectivity index (χ4n) is 4.18. The Morgan fingerprint density at radius 1 is 1.24 bits per heavy atom. The maximum atomic E-state index is 5.18. The van der Waals surface area contributed by atoms with Gasteiger partial charge in [-0.05, 0) is 57.8 Å². The van der Waals surface area contributed by atoms with Crippen LogP contribution in [0.4, 0.5) is 0 Å². The van der Waals surface area contributed by atoms with Gasteiger partial charge in [-0.25, -0.2) is 0 Å². The lowest BCUT2D eigenvalue weighted by molar-refractivity contribution is 0.120. The van der Waals surface area contributed by atoms with Crippen molar-refractivity contribution in [2.45, 2.75) is 38.6 Å². The molecule has 0 spiro atoms. The van der Waals surface area contributed by atoms with Gasteiger partial charge in [0.15, 0.2) is 5.96 Å². The summed E-state index contributed by atoms with van der Waals surface area (Å²) in [6.07, 6.45) is 5.18. The average molecular weight is 354 g/mol. The molecule has 0 aliphatic carbocycles. The molecule has 1 unspecified atom stereocenters. The summed E-state index contributed by atoms with van der Waals surface area (Å²) < 4.78 is 5.18. The molecule has 0 radical (unpaired) electrons. The van der Waals surface area contributed by atoms with Crippen LogP contribution in [0.1, 0.15) is 32.6 Å². The second-order valence-electron chi connectivity index (χ2n) is 7.51. The summed E-state index contributed by atoms with van der Waals surface area (Å²) in [7, 11) is 5.86. The summed E-state index contributed by atoms with van der Waals surface area (Å²) in [5, 5.41) is 3.62. The van der Waals surface area contributed by atoms with Crippen molar-refractivity contribution in [3.63, 3.8) is 0 Å². The Labute approximate surface area is 154 Å². The van der Waals surface area contributed by atoms with E-state index in [2.05, 4.69) is 39.0 Å². The molecule has 0 amide bonds. The van der Waals surface area contributed by atoms with Crippen molar-refractivity contribution in [1.29, 1.82) is 0 Å². The normalized spacial score (nSPS) is 24.0. The minimum Gasteiger partial charge on any atom is -0.383 e. The van der Waals surface area contributed by atoms with Gasteiger partial charge in [0.25, 0.3) is 0 Å². The molecule has 0 aromatic carbocycles. The van der Waals surface area contributed by atoms with E-state index in [1.54, 1.807) is 7.11 Å². The molecular formula is C19H39N5O. The molecule has 0 saturated carbocycles. The lowest BCUT2D eigenvalue weighted by Crippen LogP contribution is -2.47. The van der Waals surface area contributed by atoms with Gasteiger partial charge in [-0.15, -0.1) is 0 Å². The number of hydrogen-bond acceptors (Lipinski definition) is 4. The van der Waals surface area contributed by atoms with Gasteiger partial charge in [0.2, 0.25) is 0 Å². The van der Waals surface area contributed by atoms with Crippen LogP contribution in [0.3, 0.4) is 0 Å². The highest BCUT2D eigenvalue weighted by atomic mass is 16.5. The molecule has 6 nitrogen and oxygen atoms in total. The molecule has 6 heteroatoms. The summed E-state index contributed by atoms with van der Waals surface area (Å²) in [4.78, 5) is 11.9. The smallest absolute Gasteiger partial charge is 0.193 e. The average Bonchev–Trinajstić information content (AvgIpc) is 3.08. The highest BCUT2D eigenvalue weighted by Gasteiger charge is 2.25. The Hall–Kier alpha value is -0.850. The van der Waals surface area contributed by atoms with Crippen molar-refractivity contribution < 1.29 is 4.74 Å². The molecule has 146 valence electrons. The van der Waals surface area contributed by atoms with Crippen LogP contribution >= 0.6 is 0 Å². The van der Waals surface area contributed by atoms with Gasteiger partial charge in [0, 0.05) is 46.9 Å². The number of nitrogens with zero attached hydrogens (tertiary/aromatic N) is 4. The lowest BCUT2D eigenvalue weighted by atomic mass is 9.97. The standard InChI is InChI=1S/C19H39N5O/c1-5-24-10-6-7-18(24)16-22(3)19(20-2)21-15-17-8-11-23(12-9-17)13-14-25-4/h17-18H,5-16H2,1-4H3,(H,20,21). The molecule has 0 aromatic heterocycles. The van der Waals surface area contributed by atoms with E-state index in [1.165, 1.54) is 45.3 Å². The highest BCUT2D eigenvalue weighted by molar-refractivity contribution is 5.79. The Balaban J connectivity index is 1.69. The Morgan fingerprint density at radius 3 is 2.64 bits per heavy atom. The second-order valence-corrected chi connectivity index (χ2v) is 7.51. The summed E-state index contributed by atoms with van der Waals surface area (Å²) in [6.45, 7) is 11.1. The maximum Gasteiger partial charge on any atom is 0.193 e. The predicted molar refractivity (Wildman–Crippen MR) is 105 cm³/mol. The zero-order valence-electron chi connectivity index (χ0n) is 16.8. The van der Waals surface area contributed by atoms with Crippen molar-refractivity contribution in [1.82, 2.24) is 20.0 Å². The van der Waals surface area contributed by atoms with Gasteiger partial charge in [-0.1, -0.05) is 6.92 Å². The number of guanidine groups is 1. The van der Waals surface area contributed by atoms with E-state index in [0.29, 0.717) is 6.04 Å². The molecule has 2 rings (SSSR count). The van der Waals surface area contributed by atoms with Crippen LogP contribution in [-0.2, 0) is 4.74 Å². The Bertz CT molecular complexity index is 395. The van der Waals surface area contributed by atoms with Crippen LogP contribution in [0.15, 0.2) is 4.99 Å². The van der Waals surface area contributed by atoms with Crippen LogP contribution in [0, 0.1) is 5.92 Å². The van der Waals surface area contributed by atoms with Gasteiger partial charge < -0.3 is 19.9 Å². The van der Waals surface area contributed by atoms with Crippen LogP contribution in [0.25, 0.3) is 0 Å². The SMILES string of the molecule is CCN1CCCC1CN(C)C(=NC)NCC1CCN(CCOC)CC1. The third-order valence-corrected chi connectivity index (χ3v) is 5.83. The third kappa shape index (κ3) is 6.42. The number of likely N-dealkylation sites (tertiary alicyclic amines) is 2. The van der Waals surface area contributed by atoms with Crippen molar-refractivity contribution in [2.75, 3.05) is 73.6 Å². The first-order chi connectivity index (χ1) is 12.2. The van der Waals surface area contributed by atoms with E-state index >= 15 is 0 Å². The van der Waals surface area contributed by atoms with Crippen molar-refractivity contribution in [3.8, 4) is 0 Å². The van der Waals surface area contributed by atoms with Crippen LogP contribution in [0.2, 0.25) is 0 Å². The topological polar surface area (TPSA) is 43.3 Å². The Morgan fingerprint density at radius 2 is 2.00 bits per heavy atom. The number of rotatable bonds is 8. The van der Waals surface area contributed by atoms with Crippen molar-refractivity contribution in [3.05, 3.63) is 0 Å². The van der Waals surface area contributed by atoms with Crippen molar-refractivity contribution in [2.24, 2.45) is 10.9 Å². The molecule has 2 aliphatic rings. The largest absolute Gasteiger partial charge is 0.383 e. The first kappa shape index (κ1) is 20.5. The number of likely N-dealkylation sites (N-methyl/N-ethyl adjacent to an activating group) is 2. The molecule has 1 atom stereocenters. The number of methoxy groups -OCH3 is 1. The minimum absolute atomic E-state index is 0.678. The molecule has 2 fully saturated rings. The molecule has 2 saturated heterocycles. The Kier molecular flexibility index (Phi) is 8.99. The highest BCUT2D eigenvalue weighted by Crippen LogP contribution is 2.18. The van der Waals surface area contributed by atoms with E-state index in [9.17, 15) is 0 Å². The summed E-state index contributed by atoms with van der Waals surface area (Å²) in [6, 6.07) is 0.678. The zero-order valence-corrected chi connectivity index (χ0v) is 16.8. The van der Waals surface area contributed by atoms with E-state index in [4.69, 9.17) is 4.74 Å². The van der Waals surface area contributed by atoms with Gasteiger partial charge in [-0.3, -0.25) is 9.89 Å². The summed E-state index contributed by atoms with van der Waals surface area (Å²) in [5.41, 5.74) is 0. The van der Waals surface area contributed by atoms with Crippen molar-refractivity contribution >= 4 is 5.96 Å². The van der Waals surface area contributed by atoms with Gasteiger partial charge in [-0.2, -0.15) is 0 Å². The van der Waals surface area contributed by atoms with E-state index in [-0.39, 0.29) is 0 Å². The lowest BCUT2D eigenvalue weighted by Gasteiger charge is -2.33. The van der Waals surface area contributed by atoms with Gasteiger partial charge in [0.05, 0.1) is 6.61 Å². The maximum absolute atomic E-state index is 5.18. The molecular weight excluding hydrogens is 314 g/mol. The molecule has 0 aromatic rings. The number of hydrogen-bond donors (Lipinski definition) is 1. The van der Waals surface area contributed by atoms with Crippen LogP contribution < -0.4 is 5.32 Å². The number of piperidine rings is 1. The predicted octanol–water partition coefficient (Wildman–Crippen LogP) is 1.34. The summed E-state index contributed by atoms with van der Waals surface area (Å²) in [5.74, 6) is 1.80. The first-order valence-corrected chi connectivity index (χ1v) is 10.0. The number of aliphatic imine (C=N–C) groups is 1. The number of ether oxygens (including phenoxy) is 1. The van der Waals surface area contributed by atoms with Crippen LogP contribution in [-0.4, -0.2) is 100 Å². The quantitative estimate of drug-likeness (QED) is 0.527. The summed E-state index contributed by atoms with van der Waals surface area (Å²) >= 11 is 0. The number of nitrogens with one attached hydrogen (secondary N) is 1. The molecule has 1 N–H and O–H groups in total. The fraction of sp³-hybridized carbons (Fsp3) is 0.947. The fourth-order valence-corrected chi connectivity index (χ4v) is 4.18. The van der Waals surface area contributed by atoms with E-state index in [0.717, 1.165) is 44.7 Å². The monoisotopic (exact) mass is 353 g/mol. The zero-order chi connectivity index (χ0) is 18.1. The van der Waals surface area contributed by atoms with E-state index < -0.39 is 0 Å². The van der Waals surface area contributed by atoms with E-state index in [1.807, 2.05) is 7.05 Å². The molecule has 2 heterocycles.